The van der Waals surface area contributed by atoms with Crippen LogP contribution in [-0.4, -0.2) is 74.4 Å². The zero-order valence-corrected chi connectivity index (χ0v) is 14.4. The fourth-order valence-electron chi connectivity index (χ4n) is 3.35. The number of morpholine rings is 1. The smallest absolute Gasteiger partial charge is 0.317 e. The highest BCUT2D eigenvalue weighted by atomic mass is 16.5. The van der Waals surface area contributed by atoms with E-state index in [1.807, 2.05) is 30.0 Å². The first-order chi connectivity index (χ1) is 11.8. The van der Waals surface area contributed by atoms with Gasteiger partial charge in [-0.1, -0.05) is 18.2 Å². The summed E-state index contributed by atoms with van der Waals surface area (Å²) in [7, 11) is 0. The minimum absolute atomic E-state index is 0.0223. The standard InChI is InChI=1S/C18H27N3O3/c1-2-24-17-6-4-3-5-15(17)7-8-19-18(22)21-10-9-20-11-12-23-14-16(20)13-21/h3-6,16H,2,7-14H2,1H3,(H,19,22)/t16-/m0/s1. The summed E-state index contributed by atoms with van der Waals surface area (Å²) in [6.45, 7) is 8.24. The molecule has 3 rings (SSSR count). The quantitative estimate of drug-likeness (QED) is 0.884. The maximum Gasteiger partial charge on any atom is 0.317 e. The number of hydrogen-bond acceptors (Lipinski definition) is 4. The van der Waals surface area contributed by atoms with Crippen LogP contribution in [0.1, 0.15) is 12.5 Å². The van der Waals surface area contributed by atoms with Crippen LogP contribution in [0.4, 0.5) is 4.79 Å². The highest BCUT2D eigenvalue weighted by Gasteiger charge is 2.31. The molecule has 0 aromatic heterocycles. The Bertz CT molecular complexity index is 552. The number of benzene rings is 1. The van der Waals surface area contributed by atoms with Crippen molar-refractivity contribution in [2.75, 3.05) is 52.5 Å². The van der Waals surface area contributed by atoms with Gasteiger partial charge in [-0.3, -0.25) is 4.90 Å². The molecule has 1 aromatic carbocycles. The number of rotatable bonds is 5. The van der Waals surface area contributed by atoms with Crippen molar-refractivity contribution in [2.45, 2.75) is 19.4 Å². The molecule has 0 saturated carbocycles. The Labute approximate surface area is 143 Å². The van der Waals surface area contributed by atoms with Crippen molar-refractivity contribution in [1.29, 1.82) is 0 Å². The fourth-order valence-corrected chi connectivity index (χ4v) is 3.35. The molecule has 2 heterocycles. The second-order valence-electron chi connectivity index (χ2n) is 6.23. The molecule has 2 fully saturated rings. The molecule has 2 saturated heterocycles. The topological polar surface area (TPSA) is 54.0 Å². The summed E-state index contributed by atoms with van der Waals surface area (Å²) < 4.78 is 11.2. The lowest BCUT2D eigenvalue weighted by molar-refractivity contribution is -0.0364. The maximum absolute atomic E-state index is 12.4. The molecular formula is C18H27N3O3. The third kappa shape index (κ3) is 4.19. The van der Waals surface area contributed by atoms with E-state index < -0.39 is 0 Å². The van der Waals surface area contributed by atoms with Gasteiger partial charge in [0.05, 0.1) is 25.9 Å². The molecule has 1 aromatic rings. The molecule has 2 amide bonds. The van der Waals surface area contributed by atoms with E-state index in [-0.39, 0.29) is 6.03 Å². The number of piperazine rings is 1. The summed E-state index contributed by atoms with van der Waals surface area (Å²) in [5, 5.41) is 3.04. The van der Waals surface area contributed by atoms with Gasteiger partial charge >= 0.3 is 6.03 Å². The van der Waals surface area contributed by atoms with Crippen LogP contribution in [0.3, 0.4) is 0 Å². The first-order valence-corrected chi connectivity index (χ1v) is 8.83. The number of fused-ring (bicyclic) bond motifs is 1. The van der Waals surface area contributed by atoms with Crippen LogP contribution in [0.15, 0.2) is 24.3 Å². The van der Waals surface area contributed by atoms with Gasteiger partial charge < -0.3 is 19.7 Å². The highest BCUT2D eigenvalue weighted by molar-refractivity contribution is 5.74. The predicted octanol–water partition coefficient (Wildman–Crippen LogP) is 1.35. The maximum atomic E-state index is 12.4. The van der Waals surface area contributed by atoms with Crippen molar-refractivity contribution in [3.05, 3.63) is 29.8 Å². The van der Waals surface area contributed by atoms with Gasteiger partial charge in [0.15, 0.2) is 0 Å². The summed E-state index contributed by atoms with van der Waals surface area (Å²) in [5.74, 6) is 0.905. The molecule has 132 valence electrons. The van der Waals surface area contributed by atoms with E-state index in [2.05, 4.69) is 16.3 Å². The van der Waals surface area contributed by atoms with Crippen molar-refractivity contribution in [1.82, 2.24) is 15.1 Å². The fraction of sp³-hybridized carbons (Fsp3) is 0.611. The normalized spacial score (nSPS) is 21.2. The number of para-hydroxylation sites is 1. The van der Waals surface area contributed by atoms with Crippen LogP contribution in [0.25, 0.3) is 0 Å². The lowest BCUT2D eigenvalue weighted by atomic mass is 10.1. The molecule has 0 unspecified atom stereocenters. The van der Waals surface area contributed by atoms with Gasteiger partial charge in [0, 0.05) is 32.7 Å². The zero-order chi connectivity index (χ0) is 16.8. The molecule has 0 aliphatic carbocycles. The lowest BCUT2D eigenvalue weighted by Gasteiger charge is -2.43. The van der Waals surface area contributed by atoms with Gasteiger partial charge in [0.25, 0.3) is 0 Å². The summed E-state index contributed by atoms with van der Waals surface area (Å²) in [6.07, 6.45) is 0.772. The number of carbonyl (C=O) groups excluding carboxylic acids is 1. The Kier molecular flexibility index (Phi) is 5.93. The number of nitrogens with zero attached hydrogens (tertiary/aromatic N) is 2. The van der Waals surface area contributed by atoms with Gasteiger partial charge in [-0.15, -0.1) is 0 Å². The van der Waals surface area contributed by atoms with E-state index in [1.165, 1.54) is 0 Å². The van der Waals surface area contributed by atoms with Crippen LogP contribution in [-0.2, 0) is 11.2 Å². The van der Waals surface area contributed by atoms with Crippen LogP contribution in [0.2, 0.25) is 0 Å². The summed E-state index contributed by atoms with van der Waals surface area (Å²) in [6, 6.07) is 8.37. The number of carbonyl (C=O) groups is 1. The van der Waals surface area contributed by atoms with Crippen LogP contribution in [0.5, 0.6) is 5.75 Å². The van der Waals surface area contributed by atoms with Crippen molar-refractivity contribution in [3.63, 3.8) is 0 Å². The number of ether oxygens (including phenoxy) is 2. The Hall–Kier alpha value is -1.79. The summed E-state index contributed by atoms with van der Waals surface area (Å²) in [5.41, 5.74) is 1.13. The minimum Gasteiger partial charge on any atom is -0.494 e. The molecule has 6 heteroatoms. The molecule has 24 heavy (non-hydrogen) atoms. The summed E-state index contributed by atoms with van der Waals surface area (Å²) in [4.78, 5) is 16.7. The van der Waals surface area contributed by atoms with Gasteiger partial charge in [-0.05, 0) is 25.0 Å². The van der Waals surface area contributed by atoms with E-state index in [0.29, 0.717) is 19.2 Å². The Morgan fingerprint density at radius 1 is 1.33 bits per heavy atom. The largest absolute Gasteiger partial charge is 0.494 e. The van der Waals surface area contributed by atoms with Gasteiger partial charge in [0.1, 0.15) is 5.75 Å². The second kappa shape index (κ2) is 8.35. The van der Waals surface area contributed by atoms with Crippen LogP contribution < -0.4 is 10.1 Å². The molecule has 2 aliphatic heterocycles. The number of nitrogens with one attached hydrogen (secondary N) is 1. The van der Waals surface area contributed by atoms with E-state index in [1.54, 1.807) is 0 Å². The van der Waals surface area contributed by atoms with E-state index in [0.717, 1.165) is 57.1 Å². The highest BCUT2D eigenvalue weighted by Crippen LogP contribution is 2.18. The number of urea groups is 1. The van der Waals surface area contributed by atoms with Crippen molar-refractivity contribution in [2.24, 2.45) is 0 Å². The average Bonchev–Trinajstić information content (AvgIpc) is 2.63. The van der Waals surface area contributed by atoms with E-state index in [4.69, 9.17) is 9.47 Å². The predicted molar refractivity (Wildman–Crippen MR) is 92.5 cm³/mol. The minimum atomic E-state index is 0.0223. The molecule has 1 atom stereocenters. The third-order valence-electron chi connectivity index (χ3n) is 4.67. The zero-order valence-electron chi connectivity index (χ0n) is 14.4. The third-order valence-corrected chi connectivity index (χ3v) is 4.67. The second-order valence-corrected chi connectivity index (χ2v) is 6.23. The SMILES string of the molecule is CCOc1ccccc1CCNC(=O)N1CCN2CCOC[C@@H]2C1. The number of hydrogen-bond donors (Lipinski definition) is 1. The van der Waals surface area contributed by atoms with Crippen LogP contribution in [0, 0.1) is 0 Å². The molecule has 1 N–H and O–H groups in total. The molecule has 2 aliphatic rings. The van der Waals surface area contributed by atoms with Gasteiger partial charge in [0.2, 0.25) is 0 Å². The van der Waals surface area contributed by atoms with E-state index >= 15 is 0 Å². The number of amides is 2. The average molecular weight is 333 g/mol. The van der Waals surface area contributed by atoms with Gasteiger partial charge in [-0.25, -0.2) is 4.79 Å². The van der Waals surface area contributed by atoms with Crippen molar-refractivity contribution in [3.8, 4) is 5.75 Å². The molecule has 0 bridgehead atoms. The lowest BCUT2D eigenvalue weighted by Crippen LogP contribution is -2.60. The monoisotopic (exact) mass is 333 g/mol. The van der Waals surface area contributed by atoms with E-state index in [9.17, 15) is 4.79 Å². The van der Waals surface area contributed by atoms with Crippen molar-refractivity contribution >= 4 is 6.03 Å². The Morgan fingerprint density at radius 3 is 3.08 bits per heavy atom. The first kappa shape index (κ1) is 17.0. The Balaban J connectivity index is 1.46. The van der Waals surface area contributed by atoms with Crippen molar-refractivity contribution < 1.29 is 14.3 Å². The van der Waals surface area contributed by atoms with Crippen LogP contribution >= 0.6 is 0 Å². The summed E-state index contributed by atoms with van der Waals surface area (Å²) >= 11 is 0. The molecule has 6 nitrogen and oxygen atoms in total. The molecule has 0 spiro atoms. The molecule has 0 radical (unpaired) electrons. The first-order valence-electron chi connectivity index (χ1n) is 8.83. The molecular weight excluding hydrogens is 306 g/mol. The Morgan fingerprint density at radius 2 is 2.21 bits per heavy atom. The van der Waals surface area contributed by atoms with Gasteiger partial charge in [-0.2, -0.15) is 0 Å².